The van der Waals surface area contributed by atoms with Crippen molar-refractivity contribution in [3.8, 4) is 17.6 Å². The van der Waals surface area contributed by atoms with E-state index in [1.165, 1.54) is 37.5 Å². The maximum atomic E-state index is 12.7. The van der Waals surface area contributed by atoms with Crippen molar-refractivity contribution in [2.24, 2.45) is 0 Å². The molecule has 0 saturated carbocycles. The average Bonchev–Trinajstić information content (AvgIpc) is 2.79. The van der Waals surface area contributed by atoms with E-state index in [-0.39, 0.29) is 26.4 Å². The first-order chi connectivity index (χ1) is 16.1. The van der Waals surface area contributed by atoms with Gasteiger partial charge >= 0.3 is 10.1 Å². The lowest BCUT2D eigenvalue weighted by atomic mass is 10.1. The van der Waals surface area contributed by atoms with Crippen molar-refractivity contribution in [3.63, 3.8) is 0 Å². The zero-order chi connectivity index (χ0) is 24.9. The maximum Gasteiger partial charge on any atom is 0.339 e. The van der Waals surface area contributed by atoms with E-state index in [4.69, 9.17) is 8.92 Å². The number of methoxy groups -OCH3 is 1. The van der Waals surface area contributed by atoms with Crippen LogP contribution >= 0.6 is 15.9 Å². The van der Waals surface area contributed by atoms with Gasteiger partial charge in [0, 0.05) is 5.69 Å². The molecule has 0 saturated heterocycles. The van der Waals surface area contributed by atoms with Crippen LogP contribution in [0.25, 0.3) is 6.08 Å². The first kappa shape index (κ1) is 25.0. The van der Waals surface area contributed by atoms with Crippen molar-refractivity contribution in [1.29, 1.82) is 5.26 Å². The van der Waals surface area contributed by atoms with E-state index in [1.54, 1.807) is 30.3 Å². The number of carbonyl (C=O) groups is 1. The first-order valence-corrected chi connectivity index (χ1v) is 12.2. The van der Waals surface area contributed by atoms with E-state index in [1.807, 2.05) is 26.0 Å². The van der Waals surface area contributed by atoms with Crippen molar-refractivity contribution in [1.82, 2.24) is 0 Å². The molecular formula is C25H21BrN2O5S. The number of nitrogens with zero attached hydrogens (tertiary/aromatic N) is 1. The Kier molecular flexibility index (Phi) is 7.76. The molecule has 0 spiro atoms. The molecule has 0 aliphatic heterocycles. The Balaban J connectivity index is 1.91. The van der Waals surface area contributed by atoms with Crippen molar-refractivity contribution in [3.05, 3.63) is 87.4 Å². The summed E-state index contributed by atoms with van der Waals surface area (Å²) in [6, 6.07) is 18.3. The predicted octanol–water partition coefficient (Wildman–Crippen LogP) is 5.39. The Morgan fingerprint density at radius 2 is 1.76 bits per heavy atom. The summed E-state index contributed by atoms with van der Waals surface area (Å²) < 4.78 is 36.4. The van der Waals surface area contributed by atoms with Crippen LogP contribution in [-0.4, -0.2) is 21.4 Å². The van der Waals surface area contributed by atoms with E-state index < -0.39 is 16.0 Å². The summed E-state index contributed by atoms with van der Waals surface area (Å²) >= 11 is 3.30. The van der Waals surface area contributed by atoms with E-state index in [0.29, 0.717) is 11.3 Å². The molecule has 1 N–H and O–H groups in total. The van der Waals surface area contributed by atoms with Crippen LogP contribution in [0.4, 0.5) is 5.69 Å². The van der Waals surface area contributed by atoms with Crippen LogP contribution < -0.4 is 14.2 Å². The second-order valence-electron chi connectivity index (χ2n) is 7.38. The molecule has 0 aromatic heterocycles. The average molecular weight is 541 g/mol. The number of carbonyl (C=O) groups excluding carboxylic acids is 1. The third kappa shape index (κ3) is 6.04. The summed E-state index contributed by atoms with van der Waals surface area (Å²) in [6.45, 7) is 3.74. The number of nitriles is 1. The second kappa shape index (κ2) is 10.5. The fourth-order valence-electron chi connectivity index (χ4n) is 3.00. The third-order valence-electron chi connectivity index (χ3n) is 4.71. The molecule has 0 bridgehead atoms. The Hall–Kier alpha value is -3.61. The molecule has 0 heterocycles. The number of hydrogen-bond acceptors (Lipinski definition) is 6. The number of aryl methyl sites for hydroxylation is 2. The second-order valence-corrected chi connectivity index (χ2v) is 9.78. The molecule has 3 aromatic carbocycles. The van der Waals surface area contributed by atoms with Gasteiger partial charge in [-0.25, -0.2) is 0 Å². The molecule has 174 valence electrons. The molecule has 3 rings (SSSR count). The molecule has 0 unspecified atom stereocenters. The minimum atomic E-state index is -4.12. The molecule has 0 fully saturated rings. The molecule has 0 aliphatic carbocycles. The van der Waals surface area contributed by atoms with Gasteiger partial charge < -0.3 is 14.2 Å². The monoisotopic (exact) mass is 540 g/mol. The zero-order valence-electron chi connectivity index (χ0n) is 18.6. The van der Waals surface area contributed by atoms with Gasteiger partial charge in [0.15, 0.2) is 11.5 Å². The van der Waals surface area contributed by atoms with Crippen LogP contribution in [-0.2, 0) is 14.9 Å². The minimum absolute atomic E-state index is 0.00406. The summed E-state index contributed by atoms with van der Waals surface area (Å²) in [7, 11) is -2.76. The maximum absolute atomic E-state index is 12.7. The number of rotatable bonds is 7. The molecule has 3 aromatic rings. The SMILES string of the molecule is COc1cc(/C=C(\C#N)C(=O)Nc2cccc(C)c2)cc(Br)c1OS(=O)(=O)c1ccc(C)cc1. The normalized spacial score (nSPS) is 11.4. The quantitative estimate of drug-likeness (QED) is 0.244. The Morgan fingerprint density at radius 3 is 2.38 bits per heavy atom. The van der Waals surface area contributed by atoms with Gasteiger partial charge in [0.25, 0.3) is 5.91 Å². The Morgan fingerprint density at radius 1 is 1.06 bits per heavy atom. The lowest BCUT2D eigenvalue weighted by molar-refractivity contribution is -0.112. The first-order valence-electron chi connectivity index (χ1n) is 10.0. The Bertz CT molecular complexity index is 1410. The highest BCUT2D eigenvalue weighted by Gasteiger charge is 2.22. The van der Waals surface area contributed by atoms with Crippen LogP contribution in [0.5, 0.6) is 11.5 Å². The van der Waals surface area contributed by atoms with Crippen molar-refractivity contribution >= 4 is 43.7 Å². The molecule has 0 aliphatic rings. The van der Waals surface area contributed by atoms with Crippen molar-refractivity contribution in [2.45, 2.75) is 18.7 Å². The van der Waals surface area contributed by atoms with E-state index in [0.717, 1.165) is 11.1 Å². The van der Waals surface area contributed by atoms with E-state index in [9.17, 15) is 18.5 Å². The van der Waals surface area contributed by atoms with Gasteiger partial charge in [0.2, 0.25) is 0 Å². The van der Waals surface area contributed by atoms with Gasteiger partial charge in [-0.2, -0.15) is 13.7 Å². The van der Waals surface area contributed by atoms with Crippen molar-refractivity contribution in [2.75, 3.05) is 12.4 Å². The number of hydrogen-bond donors (Lipinski definition) is 1. The highest BCUT2D eigenvalue weighted by atomic mass is 79.9. The number of benzene rings is 3. The lowest BCUT2D eigenvalue weighted by Crippen LogP contribution is -2.13. The topological polar surface area (TPSA) is 105 Å². The summed E-state index contributed by atoms with van der Waals surface area (Å²) in [5, 5.41) is 12.2. The van der Waals surface area contributed by atoms with Crippen LogP contribution in [0, 0.1) is 25.2 Å². The smallest absolute Gasteiger partial charge is 0.339 e. The highest BCUT2D eigenvalue weighted by molar-refractivity contribution is 9.10. The van der Waals surface area contributed by atoms with E-state index in [2.05, 4.69) is 21.2 Å². The summed E-state index contributed by atoms with van der Waals surface area (Å²) in [5.41, 5.74) is 2.73. The number of halogens is 1. The fourth-order valence-corrected chi connectivity index (χ4v) is 4.61. The van der Waals surface area contributed by atoms with Gasteiger partial charge in [-0.3, -0.25) is 4.79 Å². The number of ether oxygens (including phenoxy) is 1. The van der Waals surface area contributed by atoms with Crippen LogP contribution in [0.3, 0.4) is 0 Å². The third-order valence-corrected chi connectivity index (χ3v) is 6.53. The Labute approximate surface area is 206 Å². The predicted molar refractivity (Wildman–Crippen MR) is 133 cm³/mol. The molecular weight excluding hydrogens is 520 g/mol. The van der Waals surface area contributed by atoms with Gasteiger partial charge in [0.1, 0.15) is 16.5 Å². The number of nitrogens with one attached hydrogen (secondary N) is 1. The van der Waals surface area contributed by atoms with Gasteiger partial charge in [-0.15, -0.1) is 0 Å². The van der Waals surface area contributed by atoms with E-state index >= 15 is 0 Å². The molecule has 7 nitrogen and oxygen atoms in total. The standard InChI is InChI=1S/C25H21BrN2O5S/c1-16-7-9-21(10-8-16)34(30,31)33-24-22(26)13-18(14-23(24)32-3)12-19(15-27)25(29)28-20-6-4-5-17(2)11-20/h4-14H,1-3H3,(H,28,29)/b19-12+. The van der Waals surface area contributed by atoms with Gasteiger partial charge in [-0.1, -0.05) is 29.8 Å². The van der Waals surface area contributed by atoms with Crippen LogP contribution in [0.15, 0.2) is 75.6 Å². The lowest BCUT2D eigenvalue weighted by Gasteiger charge is -2.14. The summed E-state index contributed by atoms with van der Waals surface area (Å²) in [4.78, 5) is 12.6. The highest BCUT2D eigenvalue weighted by Crippen LogP contribution is 2.39. The zero-order valence-corrected chi connectivity index (χ0v) is 21.0. The molecule has 0 atom stereocenters. The van der Waals surface area contributed by atoms with Gasteiger partial charge in [0.05, 0.1) is 11.6 Å². The number of amides is 1. The number of anilines is 1. The summed E-state index contributed by atoms with van der Waals surface area (Å²) in [6.07, 6.45) is 1.37. The summed E-state index contributed by atoms with van der Waals surface area (Å²) in [5.74, 6) is -0.527. The fraction of sp³-hybridized carbons (Fsp3) is 0.120. The molecule has 34 heavy (non-hydrogen) atoms. The largest absolute Gasteiger partial charge is 0.493 e. The minimum Gasteiger partial charge on any atom is -0.493 e. The van der Waals surface area contributed by atoms with Crippen LogP contribution in [0.2, 0.25) is 0 Å². The van der Waals surface area contributed by atoms with Gasteiger partial charge in [-0.05, 0) is 83.4 Å². The molecule has 0 radical (unpaired) electrons. The van der Waals surface area contributed by atoms with Crippen molar-refractivity contribution < 1.29 is 22.1 Å². The molecule has 9 heteroatoms. The van der Waals surface area contributed by atoms with Crippen LogP contribution in [0.1, 0.15) is 16.7 Å². The molecule has 1 amide bonds.